The summed E-state index contributed by atoms with van der Waals surface area (Å²) in [4.78, 5) is 23.8. The molecular weight excluding hydrogens is 457 g/mol. The largest absolute Gasteiger partial charge is 0.465 e. The van der Waals surface area contributed by atoms with Gasteiger partial charge >= 0.3 is 11.9 Å². The second-order valence-corrected chi connectivity index (χ2v) is 8.30. The highest BCUT2D eigenvalue weighted by atomic mass is 35.5. The molecule has 0 radical (unpaired) electrons. The molecule has 0 spiro atoms. The normalized spacial score (nSPS) is 14.9. The highest BCUT2D eigenvalue weighted by molar-refractivity contribution is 6.55. The highest BCUT2D eigenvalue weighted by Crippen LogP contribution is 2.48. The summed E-state index contributed by atoms with van der Waals surface area (Å²) in [7, 11) is 0. The lowest BCUT2D eigenvalue weighted by Crippen LogP contribution is -2.17. The van der Waals surface area contributed by atoms with Gasteiger partial charge in [0.25, 0.3) is 0 Å². The molecule has 27 heavy (non-hydrogen) atoms. The second kappa shape index (κ2) is 11.0. The van der Waals surface area contributed by atoms with Crippen molar-refractivity contribution in [2.75, 3.05) is 6.61 Å². The molecule has 4 nitrogen and oxygen atoms in total. The van der Waals surface area contributed by atoms with Crippen LogP contribution in [0.3, 0.4) is 0 Å². The van der Waals surface area contributed by atoms with Gasteiger partial charge in [0, 0.05) is 12.8 Å². The van der Waals surface area contributed by atoms with Gasteiger partial charge in [-0.1, -0.05) is 77.3 Å². The van der Waals surface area contributed by atoms with Crippen molar-refractivity contribution in [3.8, 4) is 5.75 Å². The van der Waals surface area contributed by atoms with Crippen molar-refractivity contribution in [2.24, 2.45) is 5.92 Å². The van der Waals surface area contributed by atoms with Crippen molar-refractivity contribution in [1.29, 1.82) is 0 Å². The second-order valence-electron chi connectivity index (χ2n) is 6.41. The van der Waals surface area contributed by atoms with Crippen LogP contribution in [0.25, 0.3) is 0 Å². The summed E-state index contributed by atoms with van der Waals surface area (Å²) in [6.45, 7) is 0.455. The molecule has 0 amide bonds. The third-order valence-corrected chi connectivity index (χ3v) is 6.59. The summed E-state index contributed by atoms with van der Waals surface area (Å²) < 4.78 is 10.4. The van der Waals surface area contributed by atoms with Crippen molar-refractivity contribution in [1.82, 2.24) is 0 Å². The molecule has 0 saturated heterocycles. The number of benzene rings is 1. The van der Waals surface area contributed by atoms with Gasteiger partial charge in [-0.3, -0.25) is 9.59 Å². The standard InChI is InChI=1S/C18H19Cl5O4/c19-13-14(20)16(22)18(17(23)15(13)21)27-12(25)8-4-7-11(24)26-9-10-5-2-1-3-6-10/h10H,1-9H2. The molecule has 1 fully saturated rings. The van der Waals surface area contributed by atoms with Crippen LogP contribution in [0.15, 0.2) is 0 Å². The van der Waals surface area contributed by atoms with Gasteiger partial charge in [-0.2, -0.15) is 0 Å². The minimum absolute atomic E-state index is 0.0109. The van der Waals surface area contributed by atoms with Crippen LogP contribution in [0, 0.1) is 5.92 Å². The summed E-state index contributed by atoms with van der Waals surface area (Å²) in [5.74, 6) is -0.630. The predicted octanol–water partition coefficient (Wildman–Crippen LogP) is 7.15. The van der Waals surface area contributed by atoms with Crippen molar-refractivity contribution < 1.29 is 19.1 Å². The van der Waals surface area contributed by atoms with Gasteiger partial charge in [-0.15, -0.1) is 0 Å². The zero-order valence-corrected chi connectivity index (χ0v) is 18.2. The summed E-state index contributed by atoms with van der Waals surface area (Å²) in [5.41, 5.74) is 0. The Morgan fingerprint density at radius 1 is 0.778 bits per heavy atom. The number of carbonyl (C=O) groups is 2. The summed E-state index contributed by atoms with van der Waals surface area (Å²) in [5, 5.41) is -0.329. The van der Waals surface area contributed by atoms with E-state index in [0.717, 1.165) is 12.8 Å². The Morgan fingerprint density at radius 2 is 1.30 bits per heavy atom. The van der Waals surface area contributed by atoms with Crippen LogP contribution in [-0.4, -0.2) is 18.5 Å². The fourth-order valence-corrected chi connectivity index (χ4v) is 4.05. The molecule has 0 unspecified atom stereocenters. The topological polar surface area (TPSA) is 52.6 Å². The van der Waals surface area contributed by atoms with Crippen LogP contribution in [0.4, 0.5) is 0 Å². The number of hydrogen-bond acceptors (Lipinski definition) is 4. The molecule has 1 aromatic rings. The Bertz CT molecular complexity index is 672. The number of carbonyl (C=O) groups excluding carboxylic acids is 2. The Balaban J connectivity index is 1.77. The average Bonchev–Trinajstić information content (AvgIpc) is 2.67. The molecule has 1 aliphatic carbocycles. The Kier molecular flexibility index (Phi) is 9.30. The number of halogens is 5. The van der Waals surface area contributed by atoms with E-state index in [1.54, 1.807) is 0 Å². The predicted molar refractivity (Wildman–Crippen MR) is 109 cm³/mol. The fourth-order valence-electron chi connectivity index (χ4n) is 2.85. The van der Waals surface area contributed by atoms with Gasteiger partial charge in [0.2, 0.25) is 0 Å². The molecule has 0 aliphatic heterocycles. The van der Waals surface area contributed by atoms with E-state index >= 15 is 0 Å². The van der Waals surface area contributed by atoms with Gasteiger partial charge in [-0.25, -0.2) is 0 Å². The number of esters is 2. The van der Waals surface area contributed by atoms with E-state index in [0.29, 0.717) is 12.5 Å². The first-order valence-electron chi connectivity index (χ1n) is 8.69. The lowest BCUT2D eigenvalue weighted by atomic mass is 9.90. The Labute approximate surface area is 183 Å². The summed E-state index contributed by atoms with van der Waals surface area (Å²) in [6.07, 6.45) is 6.25. The van der Waals surface area contributed by atoms with Crippen LogP contribution >= 0.6 is 58.0 Å². The Morgan fingerprint density at radius 3 is 1.89 bits per heavy atom. The van der Waals surface area contributed by atoms with Crippen LogP contribution in [0.1, 0.15) is 51.4 Å². The van der Waals surface area contributed by atoms with E-state index in [-0.39, 0.29) is 56.1 Å². The monoisotopic (exact) mass is 474 g/mol. The van der Waals surface area contributed by atoms with E-state index in [1.807, 2.05) is 0 Å². The van der Waals surface area contributed by atoms with Crippen molar-refractivity contribution >= 4 is 69.9 Å². The van der Waals surface area contributed by atoms with Gasteiger partial charge in [0.15, 0.2) is 5.75 Å². The van der Waals surface area contributed by atoms with E-state index in [2.05, 4.69) is 0 Å². The molecule has 0 N–H and O–H groups in total. The van der Waals surface area contributed by atoms with E-state index in [4.69, 9.17) is 67.5 Å². The minimum Gasteiger partial charge on any atom is -0.465 e. The van der Waals surface area contributed by atoms with E-state index in [9.17, 15) is 9.59 Å². The molecule has 0 bridgehead atoms. The van der Waals surface area contributed by atoms with E-state index in [1.165, 1.54) is 19.3 Å². The molecule has 0 atom stereocenters. The smallest absolute Gasteiger partial charge is 0.311 e. The minimum atomic E-state index is -0.617. The maximum absolute atomic E-state index is 12.0. The average molecular weight is 477 g/mol. The SMILES string of the molecule is O=C(CCCC(=O)Oc1c(Cl)c(Cl)c(Cl)c(Cl)c1Cl)OCC1CCCCC1. The maximum Gasteiger partial charge on any atom is 0.311 e. The van der Waals surface area contributed by atoms with Crippen molar-refractivity contribution in [3.05, 3.63) is 25.1 Å². The van der Waals surface area contributed by atoms with Gasteiger partial charge in [0.1, 0.15) is 10.0 Å². The number of hydrogen-bond donors (Lipinski definition) is 0. The lowest BCUT2D eigenvalue weighted by Gasteiger charge is -2.20. The quantitative estimate of drug-likeness (QED) is 0.181. The van der Waals surface area contributed by atoms with Crippen LogP contribution in [0.2, 0.25) is 25.1 Å². The zero-order valence-electron chi connectivity index (χ0n) is 14.5. The van der Waals surface area contributed by atoms with Crippen LogP contribution in [-0.2, 0) is 14.3 Å². The molecule has 9 heteroatoms. The van der Waals surface area contributed by atoms with Gasteiger partial charge in [0.05, 0.1) is 21.7 Å². The zero-order chi connectivity index (χ0) is 20.0. The molecule has 1 aromatic carbocycles. The first kappa shape index (κ1) is 22.9. The first-order chi connectivity index (χ1) is 12.8. The molecule has 0 heterocycles. The van der Waals surface area contributed by atoms with Crippen molar-refractivity contribution in [3.63, 3.8) is 0 Å². The van der Waals surface area contributed by atoms with Crippen LogP contribution < -0.4 is 4.74 Å². The van der Waals surface area contributed by atoms with Crippen molar-refractivity contribution in [2.45, 2.75) is 51.4 Å². The molecular formula is C18H19Cl5O4. The third-order valence-electron chi connectivity index (χ3n) is 4.35. The molecule has 0 aromatic heterocycles. The summed E-state index contributed by atoms with van der Waals surface area (Å²) >= 11 is 29.8. The van der Waals surface area contributed by atoms with Gasteiger partial charge < -0.3 is 9.47 Å². The molecule has 150 valence electrons. The summed E-state index contributed by atoms with van der Waals surface area (Å²) in [6, 6.07) is 0. The number of rotatable bonds is 7. The van der Waals surface area contributed by atoms with Crippen LogP contribution in [0.5, 0.6) is 5.75 Å². The third kappa shape index (κ3) is 6.57. The maximum atomic E-state index is 12.0. The first-order valence-corrected chi connectivity index (χ1v) is 10.6. The Hall–Kier alpha value is -0.390. The van der Waals surface area contributed by atoms with E-state index < -0.39 is 5.97 Å². The molecule has 2 rings (SSSR count). The lowest BCUT2D eigenvalue weighted by molar-refractivity contribution is -0.145. The molecule has 1 aliphatic rings. The fraction of sp³-hybridized carbons (Fsp3) is 0.556. The highest BCUT2D eigenvalue weighted by Gasteiger charge is 2.22. The van der Waals surface area contributed by atoms with Gasteiger partial charge in [-0.05, 0) is 25.2 Å². The number of ether oxygens (including phenoxy) is 2. The molecule has 1 saturated carbocycles.